The summed E-state index contributed by atoms with van der Waals surface area (Å²) in [4.78, 5) is 13.4. The summed E-state index contributed by atoms with van der Waals surface area (Å²) in [5.74, 6) is -0.251. The zero-order valence-corrected chi connectivity index (χ0v) is 58.8. The van der Waals surface area contributed by atoms with E-state index in [2.05, 4.69) is 67.8 Å². The van der Waals surface area contributed by atoms with E-state index in [4.69, 9.17) is 18.9 Å². The van der Waals surface area contributed by atoms with Crippen molar-refractivity contribution >= 4 is 5.91 Å². The number of hydrogen-bond acceptors (Lipinski definition) is 13. The first-order valence-electron chi connectivity index (χ1n) is 38.5. The van der Waals surface area contributed by atoms with Gasteiger partial charge in [-0.05, 0) is 77.0 Å². The highest BCUT2D eigenvalue weighted by Crippen LogP contribution is 2.30. The highest BCUT2D eigenvalue weighted by Gasteiger charge is 2.51. The lowest BCUT2D eigenvalue weighted by Crippen LogP contribution is -2.65. The van der Waals surface area contributed by atoms with Crippen molar-refractivity contribution < 1.29 is 64.6 Å². The lowest BCUT2D eigenvalue weighted by atomic mass is 9.97. The summed E-state index contributed by atoms with van der Waals surface area (Å²) < 4.78 is 22.9. The van der Waals surface area contributed by atoms with E-state index in [9.17, 15) is 45.6 Å². The molecule has 12 atom stereocenters. The number of carbonyl (C=O) groups excluding carboxylic acids is 1. The third-order valence-electron chi connectivity index (χ3n) is 18.7. The van der Waals surface area contributed by atoms with Gasteiger partial charge in [0.2, 0.25) is 5.91 Å². The Balaban J connectivity index is 1.66. The number of hydrogen-bond donors (Lipinski definition) is 9. The minimum Gasteiger partial charge on any atom is -0.394 e. The van der Waals surface area contributed by atoms with Crippen LogP contribution in [0.3, 0.4) is 0 Å². The normalized spacial score (nSPS) is 23.0. The summed E-state index contributed by atoms with van der Waals surface area (Å²) in [5.41, 5.74) is 0. The highest BCUT2D eigenvalue weighted by molar-refractivity contribution is 5.76. The van der Waals surface area contributed by atoms with Gasteiger partial charge in [-0.1, -0.05) is 312 Å². The largest absolute Gasteiger partial charge is 0.394 e. The molecule has 92 heavy (non-hydrogen) atoms. The van der Waals surface area contributed by atoms with Crippen LogP contribution < -0.4 is 5.32 Å². The Morgan fingerprint density at radius 1 is 0.391 bits per heavy atom. The van der Waals surface area contributed by atoms with E-state index in [0.29, 0.717) is 12.8 Å². The SMILES string of the molecule is CCCCCCC/C=C\C/C=C\CCCCCCCCCCCCCCCC(=O)NC(COC1OC(CO)C(OC2OC(CO)C(O)C(O)C2O)C(O)C1O)C(O)/C=C/CC/C=C/CC/C=C/CCCCCCCCCCCCCCCCCCCCCCCCC. The molecule has 538 valence electrons. The molecule has 0 radical (unpaired) electrons. The molecule has 2 fully saturated rings. The molecule has 14 nitrogen and oxygen atoms in total. The van der Waals surface area contributed by atoms with Gasteiger partial charge in [-0.2, -0.15) is 0 Å². The number of aliphatic hydroxyl groups is 8. The van der Waals surface area contributed by atoms with Gasteiger partial charge in [0, 0.05) is 6.42 Å². The molecule has 0 aliphatic carbocycles. The Labute approximate surface area is 562 Å². The van der Waals surface area contributed by atoms with Crippen molar-refractivity contribution in [3.8, 4) is 0 Å². The average Bonchev–Trinajstić information content (AvgIpc) is 0.865. The number of rotatable bonds is 64. The molecule has 0 aromatic carbocycles. The van der Waals surface area contributed by atoms with Crippen LogP contribution in [0, 0.1) is 0 Å². The van der Waals surface area contributed by atoms with Crippen molar-refractivity contribution in [3.05, 3.63) is 60.8 Å². The zero-order chi connectivity index (χ0) is 66.6. The fraction of sp³-hybridized carbons (Fsp3) is 0.859. The number of unbranched alkanes of at least 4 members (excludes halogenated alkanes) is 43. The summed E-state index contributed by atoms with van der Waals surface area (Å²) in [6.45, 7) is 2.81. The molecule has 2 rings (SSSR count). The van der Waals surface area contributed by atoms with E-state index in [1.54, 1.807) is 6.08 Å². The predicted molar refractivity (Wildman–Crippen MR) is 378 cm³/mol. The number of carbonyl (C=O) groups is 1. The van der Waals surface area contributed by atoms with Gasteiger partial charge in [-0.25, -0.2) is 0 Å². The molecular weight excluding hydrogens is 1160 g/mol. The maximum Gasteiger partial charge on any atom is 0.220 e. The van der Waals surface area contributed by atoms with Gasteiger partial charge in [-0.3, -0.25) is 4.79 Å². The van der Waals surface area contributed by atoms with Crippen molar-refractivity contribution in [2.24, 2.45) is 0 Å². The molecule has 2 saturated heterocycles. The maximum atomic E-state index is 13.4. The van der Waals surface area contributed by atoms with E-state index < -0.39 is 86.8 Å². The molecule has 0 spiro atoms. The first-order chi connectivity index (χ1) is 45.1. The molecule has 0 aromatic heterocycles. The van der Waals surface area contributed by atoms with Crippen LogP contribution in [-0.4, -0.2) is 140 Å². The van der Waals surface area contributed by atoms with Crippen LogP contribution >= 0.6 is 0 Å². The van der Waals surface area contributed by atoms with Gasteiger partial charge >= 0.3 is 0 Å². The van der Waals surface area contributed by atoms with Crippen LogP contribution in [0.1, 0.15) is 335 Å². The van der Waals surface area contributed by atoms with E-state index in [1.165, 1.54) is 250 Å². The summed E-state index contributed by atoms with van der Waals surface area (Å²) in [7, 11) is 0. The Morgan fingerprint density at radius 2 is 0.728 bits per heavy atom. The first kappa shape index (κ1) is 85.8. The summed E-state index contributed by atoms with van der Waals surface area (Å²) in [5, 5.41) is 87.5. The molecule has 2 heterocycles. The molecule has 1 amide bonds. The predicted octanol–water partition coefficient (Wildman–Crippen LogP) is 16.8. The van der Waals surface area contributed by atoms with Gasteiger partial charge < -0.3 is 65.1 Å². The van der Waals surface area contributed by atoms with E-state index in [1.807, 2.05) is 6.08 Å². The van der Waals surface area contributed by atoms with E-state index in [-0.39, 0.29) is 18.9 Å². The van der Waals surface area contributed by atoms with E-state index in [0.717, 1.165) is 51.4 Å². The summed E-state index contributed by atoms with van der Waals surface area (Å²) in [6, 6.07) is -0.942. The van der Waals surface area contributed by atoms with Crippen LogP contribution in [0.15, 0.2) is 60.8 Å². The van der Waals surface area contributed by atoms with Crippen molar-refractivity contribution in [2.45, 2.75) is 408 Å². The minimum atomic E-state index is -1.80. The smallest absolute Gasteiger partial charge is 0.220 e. The molecule has 14 heteroatoms. The molecular formula is C78H143NO13. The minimum absolute atomic E-state index is 0.251. The second-order valence-corrected chi connectivity index (χ2v) is 27.1. The standard InChI is InChI=1S/C78H143NO13/c1-3-5-7-9-11-13-15-17-19-21-23-25-27-29-30-31-32-33-34-35-36-38-39-41-43-45-47-49-51-53-55-57-59-61-67(82)66(65-89-77-75(88)73(86)76(69(64-81)91-77)92-78-74(87)72(85)71(84)68(63-80)90-78)79-70(83)62-60-58-56-54-52-50-48-46-44-42-40-37-28-26-24-22-20-18-16-14-12-10-8-6-4-2/h16,18,22,24,43,45,51,53,59,61,66-69,71-78,80-82,84-88H,3-15,17,19-21,23,25-42,44,46-50,52,54-58,60,62-65H2,1-2H3,(H,79,83)/b18-16-,24-22-,45-43+,53-51+,61-59+. The van der Waals surface area contributed by atoms with Crippen molar-refractivity contribution in [1.29, 1.82) is 0 Å². The zero-order valence-electron chi connectivity index (χ0n) is 58.8. The van der Waals surface area contributed by atoms with Gasteiger partial charge in [0.25, 0.3) is 0 Å². The topological polar surface area (TPSA) is 228 Å². The first-order valence-corrected chi connectivity index (χ1v) is 38.5. The second-order valence-electron chi connectivity index (χ2n) is 27.1. The fourth-order valence-electron chi connectivity index (χ4n) is 12.5. The van der Waals surface area contributed by atoms with Gasteiger partial charge in [0.1, 0.15) is 48.8 Å². The number of amides is 1. The Bertz CT molecular complexity index is 1780. The summed E-state index contributed by atoms with van der Waals surface area (Å²) in [6.07, 6.45) is 67.3. The third kappa shape index (κ3) is 45.2. The molecule has 9 N–H and O–H groups in total. The third-order valence-corrected chi connectivity index (χ3v) is 18.7. The number of nitrogens with one attached hydrogen (secondary N) is 1. The van der Waals surface area contributed by atoms with Crippen molar-refractivity contribution in [3.63, 3.8) is 0 Å². The Kier molecular flexibility index (Phi) is 58.0. The van der Waals surface area contributed by atoms with Gasteiger partial charge in [0.15, 0.2) is 12.6 Å². The van der Waals surface area contributed by atoms with Crippen LogP contribution in [0.4, 0.5) is 0 Å². The van der Waals surface area contributed by atoms with Crippen LogP contribution in [0.5, 0.6) is 0 Å². The second kappa shape index (κ2) is 62.2. The van der Waals surface area contributed by atoms with Crippen molar-refractivity contribution in [2.75, 3.05) is 19.8 Å². The van der Waals surface area contributed by atoms with Gasteiger partial charge in [-0.15, -0.1) is 0 Å². The monoisotopic (exact) mass is 1300 g/mol. The quantitative estimate of drug-likeness (QED) is 0.0204. The lowest BCUT2D eigenvalue weighted by molar-refractivity contribution is -0.359. The molecule has 12 unspecified atom stereocenters. The number of allylic oxidation sites excluding steroid dienone is 9. The molecule has 0 aromatic rings. The van der Waals surface area contributed by atoms with Crippen LogP contribution in [0.25, 0.3) is 0 Å². The maximum absolute atomic E-state index is 13.4. The summed E-state index contributed by atoms with van der Waals surface area (Å²) >= 11 is 0. The van der Waals surface area contributed by atoms with E-state index >= 15 is 0 Å². The van der Waals surface area contributed by atoms with Crippen LogP contribution in [0.2, 0.25) is 0 Å². The molecule has 0 bridgehead atoms. The highest BCUT2D eigenvalue weighted by atomic mass is 16.7. The molecule has 2 aliphatic heterocycles. The number of aliphatic hydroxyl groups excluding tert-OH is 8. The lowest BCUT2D eigenvalue weighted by Gasteiger charge is -2.46. The van der Waals surface area contributed by atoms with Crippen molar-refractivity contribution in [1.82, 2.24) is 5.32 Å². The van der Waals surface area contributed by atoms with Gasteiger partial charge in [0.05, 0.1) is 32.0 Å². The van der Waals surface area contributed by atoms with Crippen LogP contribution in [-0.2, 0) is 23.7 Å². The Morgan fingerprint density at radius 3 is 1.13 bits per heavy atom. The number of ether oxygens (including phenoxy) is 4. The molecule has 0 saturated carbocycles. The Hall–Kier alpha value is -2.31. The fourth-order valence-corrected chi connectivity index (χ4v) is 12.5. The average molecular weight is 1300 g/mol. The molecule has 2 aliphatic rings.